The molecule has 0 aromatic heterocycles. The van der Waals surface area contributed by atoms with Crippen LogP contribution in [0.4, 0.5) is 0 Å². The first kappa shape index (κ1) is 26.4. The standard InChI is InChI=1S/C31H33NO5/c1-20(2)29-27(15-14-26(21(3)33)30(29)34)36-19-22-10-12-24(13-11-22)31(37-28-9-4-5-16-35-28)25-8-6-7-23(17-25)18-32/h6-8,10-15,17,20,28,31,34H,4-5,9,16,19H2,1-3H3. The lowest BCUT2D eigenvalue weighted by Gasteiger charge is -2.28. The van der Waals surface area contributed by atoms with Crippen LogP contribution in [-0.4, -0.2) is 23.8 Å². The van der Waals surface area contributed by atoms with Gasteiger partial charge in [-0.2, -0.15) is 5.26 Å². The Labute approximate surface area is 218 Å². The number of ketones is 1. The van der Waals surface area contributed by atoms with Gasteiger partial charge < -0.3 is 19.3 Å². The SMILES string of the molecule is CC(=O)c1ccc(OCc2ccc(C(OC3CCCCO3)c3cccc(C#N)c3)cc2)c(C(C)C)c1O. The van der Waals surface area contributed by atoms with Gasteiger partial charge >= 0.3 is 0 Å². The molecule has 0 amide bonds. The number of aromatic hydroxyl groups is 1. The fourth-order valence-corrected chi connectivity index (χ4v) is 4.60. The molecule has 2 atom stereocenters. The molecule has 3 aromatic rings. The number of nitrogens with zero attached hydrogens (tertiary/aromatic N) is 1. The molecule has 1 saturated heterocycles. The maximum absolute atomic E-state index is 11.8. The summed E-state index contributed by atoms with van der Waals surface area (Å²) in [7, 11) is 0. The Morgan fingerprint density at radius 2 is 1.89 bits per heavy atom. The number of benzene rings is 3. The molecule has 6 nitrogen and oxygen atoms in total. The molecule has 4 rings (SSSR count). The van der Waals surface area contributed by atoms with E-state index in [0.717, 1.165) is 36.0 Å². The minimum absolute atomic E-state index is 0.0132. The van der Waals surface area contributed by atoms with E-state index >= 15 is 0 Å². The van der Waals surface area contributed by atoms with Crippen LogP contribution in [0.5, 0.6) is 11.5 Å². The summed E-state index contributed by atoms with van der Waals surface area (Å²) in [5.74, 6) is 0.350. The molecule has 1 heterocycles. The third-order valence-corrected chi connectivity index (χ3v) is 6.55. The molecular weight excluding hydrogens is 466 g/mol. The molecule has 6 heteroatoms. The van der Waals surface area contributed by atoms with E-state index in [-0.39, 0.29) is 29.8 Å². The summed E-state index contributed by atoms with van der Waals surface area (Å²) in [6.07, 6.45) is 2.29. The Bertz CT molecular complexity index is 1270. The predicted octanol–water partition coefficient (Wildman–Crippen LogP) is 6.80. The van der Waals surface area contributed by atoms with Gasteiger partial charge in [0.05, 0.1) is 17.2 Å². The van der Waals surface area contributed by atoms with Crippen LogP contribution >= 0.6 is 0 Å². The molecule has 1 aliphatic rings. The zero-order chi connectivity index (χ0) is 26.4. The maximum Gasteiger partial charge on any atom is 0.163 e. The number of Topliss-reactive ketones (excluding diaryl/α,β-unsaturated/α-hetero) is 1. The van der Waals surface area contributed by atoms with E-state index in [1.807, 2.05) is 56.3 Å². The molecular formula is C31H33NO5. The molecule has 0 spiro atoms. The fraction of sp³-hybridized carbons (Fsp3) is 0.355. The summed E-state index contributed by atoms with van der Waals surface area (Å²) >= 11 is 0. The van der Waals surface area contributed by atoms with E-state index in [1.54, 1.807) is 18.2 Å². The van der Waals surface area contributed by atoms with E-state index in [4.69, 9.17) is 14.2 Å². The first-order chi connectivity index (χ1) is 17.9. The van der Waals surface area contributed by atoms with Crippen molar-refractivity contribution >= 4 is 5.78 Å². The molecule has 1 N–H and O–H groups in total. The van der Waals surface area contributed by atoms with Gasteiger partial charge in [-0.3, -0.25) is 4.79 Å². The highest BCUT2D eigenvalue weighted by molar-refractivity contribution is 5.97. The quantitative estimate of drug-likeness (QED) is 0.326. The number of hydrogen-bond acceptors (Lipinski definition) is 6. The maximum atomic E-state index is 11.8. The lowest BCUT2D eigenvalue weighted by atomic mass is 9.96. The van der Waals surface area contributed by atoms with Gasteiger partial charge in [0, 0.05) is 12.2 Å². The van der Waals surface area contributed by atoms with Crippen molar-refractivity contribution in [3.05, 3.63) is 94.0 Å². The van der Waals surface area contributed by atoms with E-state index in [9.17, 15) is 15.2 Å². The first-order valence-corrected chi connectivity index (χ1v) is 12.7. The van der Waals surface area contributed by atoms with Gasteiger partial charge in [0.15, 0.2) is 12.1 Å². The van der Waals surface area contributed by atoms with Crippen LogP contribution in [0.2, 0.25) is 0 Å². The van der Waals surface area contributed by atoms with Gasteiger partial charge in [0.25, 0.3) is 0 Å². The summed E-state index contributed by atoms with van der Waals surface area (Å²) < 4.78 is 18.3. The van der Waals surface area contributed by atoms with Crippen LogP contribution in [0.1, 0.15) is 90.2 Å². The molecule has 37 heavy (non-hydrogen) atoms. The fourth-order valence-electron chi connectivity index (χ4n) is 4.60. The molecule has 2 unspecified atom stereocenters. The topological polar surface area (TPSA) is 88.8 Å². The number of phenolic OH excluding ortho intramolecular Hbond substituents is 1. The second-order valence-electron chi connectivity index (χ2n) is 9.66. The zero-order valence-electron chi connectivity index (χ0n) is 21.6. The van der Waals surface area contributed by atoms with Gasteiger partial charge in [-0.15, -0.1) is 0 Å². The summed E-state index contributed by atoms with van der Waals surface area (Å²) in [4.78, 5) is 11.8. The number of ether oxygens (including phenoxy) is 3. The number of hydrogen-bond donors (Lipinski definition) is 1. The normalized spacial score (nSPS) is 16.2. The Balaban J connectivity index is 1.54. The smallest absolute Gasteiger partial charge is 0.163 e. The van der Waals surface area contributed by atoms with Crippen LogP contribution in [0.15, 0.2) is 60.7 Å². The zero-order valence-corrected chi connectivity index (χ0v) is 21.6. The Morgan fingerprint density at radius 1 is 1.11 bits per heavy atom. The van der Waals surface area contributed by atoms with Crippen LogP contribution in [0, 0.1) is 11.3 Å². The second-order valence-corrected chi connectivity index (χ2v) is 9.66. The molecule has 3 aromatic carbocycles. The van der Waals surface area contributed by atoms with Crippen molar-refractivity contribution in [2.24, 2.45) is 0 Å². The van der Waals surface area contributed by atoms with E-state index in [0.29, 0.717) is 35.7 Å². The average molecular weight is 500 g/mol. The predicted molar refractivity (Wildman–Crippen MR) is 141 cm³/mol. The van der Waals surface area contributed by atoms with Crippen LogP contribution in [-0.2, 0) is 16.1 Å². The minimum Gasteiger partial charge on any atom is -0.507 e. The van der Waals surface area contributed by atoms with Crippen LogP contribution in [0.3, 0.4) is 0 Å². The highest BCUT2D eigenvalue weighted by Crippen LogP contribution is 2.38. The first-order valence-electron chi connectivity index (χ1n) is 12.7. The van der Waals surface area contributed by atoms with Crippen molar-refractivity contribution in [3.8, 4) is 17.6 Å². The number of rotatable bonds is 9. The summed E-state index contributed by atoms with van der Waals surface area (Å²) in [5, 5.41) is 20.0. The highest BCUT2D eigenvalue weighted by atomic mass is 16.7. The Kier molecular flexibility index (Phi) is 8.60. The van der Waals surface area contributed by atoms with Gasteiger partial charge in [-0.1, -0.05) is 50.2 Å². The molecule has 1 fully saturated rings. The van der Waals surface area contributed by atoms with E-state index in [1.165, 1.54) is 6.92 Å². The minimum atomic E-state index is -0.366. The van der Waals surface area contributed by atoms with Crippen LogP contribution < -0.4 is 4.74 Å². The van der Waals surface area contributed by atoms with Crippen molar-refractivity contribution in [2.75, 3.05) is 6.61 Å². The van der Waals surface area contributed by atoms with Gasteiger partial charge in [-0.25, -0.2) is 0 Å². The summed E-state index contributed by atoms with van der Waals surface area (Å²) in [6.45, 7) is 6.35. The largest absolute Gasteiger partial charge is 0.507 e. The van der Waals surface area contributed by atoms with Crippen molar-refractivity contribution in [1.82, 2.24) is 0 Å². The van der Waals surface area contributed by atoms with Crippen molar-refractivity contribution in [3.63, 3.8) is 0 Å². The van der Waals surface area contributed by atoms with Crippen molar-refractivity contribution in [1.29, 1.82) is 5.26 Å². The van der Waals surface area contributed by atoms with Gasteiger partial charge in [0.2, 0.25) is 0 Å². The Hall–Kier alpha value is -3.66. The van der Waals surface area contributed by atoms with Crippen molar-refractivity contribution < 1.29 is 24.1 Å². The van der Waals surface area contributed by atoms with Crippen molar-refractivity contribution in [2.45, 2.75) is 65.0 Å². The van der Waals surface area contributed by atoms with Gasteiger partial charge in [0.1, 0.15) is 24.2 Å². The third-order valence-electron chi connectivity index (χ3n) is 6.55. The monoisotopic (exact) mass is 499 g/mol. The van der Waals surface area contributed by atoms with E-state index in [2.05, 4.69) is 6.07 Å². The number of phenols is 1. The highest BCUT2D eigenvalue weighted by Gasteiger charge is 2.23. The van der Waals surface area contributed by atoms with E-state index < -0.39 is 0 Å². The molecule has 192 valence electrons. The van der Waals surface area contributed by atoms with Gasteiger partial charge in [-0.05, 0) is 73.1 Å². The molecule has 0 aliphatic carbocycles. The molecule has 0 radical (unpaired) electrons. The molecule has 0 saturated carbocycles. The summed E-state index contributed by atoms with van der Waals surface area (Å²) in [5.41, 5.74) is 4.32. The summed E-state index contributed by atoms with van der Waals surface area (Å²) in [6, 6.07) is 21.0. The lowest BCUT2D eigenvalue weighted by molar-refractivity contribution is -0.181. The Morgan fingerprint density at radius 3 is 2.54 bits per heavy atom. The number of carbonyl (C=O) groups is 1. The number of carbonyl (C=O) groups excluding carboxylic acids is 1. The molecule has 0 bridgehead atoms. The second kappa shape index (κ2) is 12.1. The van der Waals surface area contributed by atoms with Crippen LogP contribution in [0.25, 0.3) is 0 Å². The third kappa shape index (κ3) is 6.37. The number of nitriles is 1. The lowest BCUT2D eigenvalue weighted by Crippen LogP contribution is -2.25. The molecule has 1 aliphatic heterocycles. The average Bonchev–Trinajstić information content (AvgIpc) is 2.91.